The van der Waals surface area contributed by atoms with Crippen LogP contribution in [-0.4, -0.2) is 66.4 Å². The van der Waals surface area contributed by atoms with Gasteiger partial charge in [0.25, 0.3) is 0 Å². The number of carbonyl (C=O) groups is 2. The molecule has 1 aromatic rings. The summed E-state index contributed by atoms with van der Waals surface area (Å²) in [6, 6.07) is 2.00. The van der Waals surface area contributed by atoms with Crippen LogP contribution in [0.5, 0.6) is 0 Å². The lowest BCUT2D eigenvalue weighted by atomic mass is 10.1. The first-order valence-corrected chi connectivity index (χ1v) is 10.3. The average Bonchev–Trinajstić information content (AvgIpc) is 2.60. The highest BCUT2D eigenvalue weighted by atomic mass is 32.2. The molecule has 0 unspecified atom stereocenters. The van der Waals surface area contributed by atoms with Crippen molar-refractivity contribution in [3.05, 3.63) is 54.9 Å². The molecule has 1 amide bonds. The highest BCUT2D eigenvalue weighted by Crippen LogP contribution is 2.07. The minimum Gasteiger partial charge on any atom is -0.478 e. The molecule has 1 heterocycles. The summed E-state index contributed by atoms with van der Waals surface area (Å²) < 4.78 is 23.0. The molecule has 0 aromatic carbocycles. The van der Waals surface area contributed by atoms with Crippen LogP contribution in [0.25, 0.3) is 0 Å². The van der Waals surface area contributed by atoms with E-state index in [0.29, 0.717) is 18.8 Å². The smallest absolute Gasteiger partial charge is 0.335 e. The van der Waals surface area contributed by atoms with Crippen molar-refractivity contribution in [2.75, 3.05) is 25.1 Å². The molecule has 8 nitrogen and oxygen atoms in total. The Hall–Kier alpha value is -2.52. The molecular weight excluding hydrogens is 370 g/mol. The number of carboxylic acids is 1. The predicted molar refractivity (Wildman–Crippen MR) is 103 cm³/mol. The molecule has 0 bridgehead atoms. The van der Waals surface area contributed by atoms with Gasteiger partial charge in [0.1, 0.15) is 9.84 Å². The minimum atomic E-state index is -3.25. The Morgan fingerprint density at radius 2 is 1.96 bits per heavy atom. The van der Waals surface area contributed by atoms with Gasteiger partial charge in [-0.25, -0.2) is 13.2 Å². The average molecular weight is 395 g/mol. The number of aromatic carboxylic acids is 1. The fraction of sp³-hybridized carbons (Fsp3) is 0.389. The molecule has 0 aliphatic carbocycles. The van der Waals surface area contributed by atoms with Gasteiger partial charge in [0.15, 0.2) is 0 Å². The molecule has 0 spiro atoms. The van der Waals surface area contributed by atoms with Crippen molar-refractivity contribution in [1.29, 1.82) is 0 Å². The summed E-state index contributed by atoms with van der Waals surface area (Å²) in [6.45, 7) is 7.96. The van der Waals surface area contributed by atoms with E-state index in [1.807, 2.05) is 0 Å². The molecule has 2 N–H and O–H groups in total. The molecule has 0 saturated carbocycles. The first-order chi connectivity index (χ1) is 12.7. The van der Waals surface area contributed by atoms with Crippen molar-refractivity contribution >= 4 is 21.7 Å². The van der Waals surface area contributed by atoms with Gasteiger partial charge in [-0.15, -0.1) is 13.2 Å². The van der Waals surface area contributed by atoms with Crippen LogP contribution in [0.1, 0.15) is 22.5 Å². The van der Waals surface area contributed by atoms with E-state index in [4.69, 9.17) is 5.11 Å². The van der Waals surface area contributed by atoms with Gasteiger partial charge in [-0.3, -0.25) is 9.78 Å². The van der Waals surface area contributed by atoms with Gasteiger partial charge in [-0.1, -0.05) is 12.2 Å². The first-order valence-electron chi connectivity index (χ1n) is 8.28. The summed E-state index contributed by atoms with van der Waals surface area (Å²) in [6.07, 6.45) is 5.72. The van der Waals surface area contributed by atoms with E-state index in [-0.39, 0.29) is 30.2 Å². The summed E-state index contributed by atoms with van der Waals surface area (Å²) in [5, 5.41) is 12.0. The number of sulfone groups is 1. The van der Waals surface area contributed by atoms with Crippen LogP contribution in [0.15, 0.2) is 43.6 Å². The normalized spacial score (nSPS) is 12.2. The van der Waals surface area contributed by atoms with Gasteiger partial charge in [-0.2, -0.15) is 0 Å². The van der Waals surface area contributed by atoms with Gasteiger partial charge >= 0.3 is 5.97 Å². The maximum atomic E-state index is 12.8. The van der Waals surface area contributed by atoms with E-state index < -0.39 is 21.8 Å². The lowest BCUT2D eigenvalue weighted by molar-refractivity contribution is -0.132. The van der Waals surface area contributed by atoms with E-state index in [0.717, 1.165) is 6.26 Å². The van der Waals surface area contributed by atoms with Crippen molar-refractivity contribution in [2.24, 2.45) is 0 Å². The van der Waals surface area contributed by atoms with Crippen molar-refractivity contribution in [3.63, 3.8) is 0 Å². The molecule has 148 valence electrons. The lowest BCUT2D eigenvalue weighted by Crippen LogP contribution is -2.47. The SMILES string of the molecule is C=CCN(CC=C)C(=O)[C@@H](CCS(C)(=O)=O)NCc1cc(C(=O)O)ccn1. The zero-order valence-corrected chi connectivity index (χ0v) is 16.1. The Balaban J connectivity index is 2.94. The van der Waals surface area contributed by atoms with Crippen LogP contribution in [0.4, 0.5) is 0 Å². The standard InChI is InChI=1S/C18H25N3O5S/c1-4-9-21(10-5-2)17(22)16(7-11-27(3,25)26)20-13-15-12-14(18(23)24)6-8-19-15/h4-6,8,12,16,20H,1-2,7,9-11,13H2,3H3,(H,23,24)/t16-/m1/s1. The molecule has 0 saturated heterocycles. The van der Waals surface area contributed by atoms with E-state index in [1.54, 1.807) is 12.2 Å². The number of carbonyl (C=O) groups excluding carboxylic acids is 1. The van der Waals surface area contributed by atoms with Gasteiger partial charge in [0, 0.05) is 32.1 Å². The summed E-state index contributed by atoms with van der Waals surface area (Å²) in [4.78, 5) is 29.4. The number of pyridine rings is 1. The summed E-state index contributed by atoms with van der Waals surface area (Å²) in [5.74, 6) is -1.52. The molecule has 0 radical (unpaired) electrons. The van der Waals surface area contributed by atoms with Crippen molar-refractivity contribution in [1.82, 2.24) is 15.2 Å². The summed E-state index contributed by atoms with van der Waals surface area (Å²) in [5.41, 5.74) is 0.520. The van der Waals surface area contributed by atoms with E-state index in [1.165, 1.54) is 23.2 Å². The number of aromatic nitrogens is 1. The molecule has 9 heteroatoms. The van der Waals surface area contributed by atoms with Gasteiger partial charge < -0.3 is 15.3 Å². The zero-order valence-electron chi connectivity index (χ0n) is 15.3. The van der Waals surface area contributed by atoms with Crippen LogP contribution in [0.2, 0.25) is 0 Å². The van der Waals surface area contributed by atoms with Gasteiger partial charge in [-0.05, 0) is 18.6 Å². The van der Waals surface area contributed by atoms with Crippen molar-refractivity contribution in [3.8, 4) is 0 Å². The third-order valence-electron chi connectivity index (χ3n) is 3.68. The Morgan fingerprint density at radius 3 is 2.48 bits per heavy atom. The molecular formula is C18H25N3O5S. The molecule has 1 atom stereocenters. The Bertz CT molecular complexity index is 782. The molecule has 0 fully saturated rings. The number of carboxylic acid groups (broad SMARTS) is 1. The van der Waals surface area contributed by atoms with Crippen LogP contribution in [0, 0.1) is 0 Å². The zero-order chi connectivity index (χ0) is 20.4. The summed E-state index contributed by atoms with van der Waals surface area (Å²) in [7, 11) is -3.25. The number of hydrogen-bond acceptors (Lipinski definition) is 6. The highest BCUT2D eigenvalue weighted by molar-refractivity contribution is 7.90. The van der Waals surface area contributed by atoms with Crippen LogP contribution < -0.4 is 5.32 Å². The van der Waals surface area contributed by atoms with Crippen molar-refractivity contribution in [2.45, 2.75) is 19.0 Å². The fourth-order valence-electron chi connectivity index (χ4n) is 2.37. The van der Waals surface area contributed by atoms with Gasteiger partial charge in [0.2, 0.25) is 5.91 Å². The lowest BCUT2D eigenvalue weighted by Gasteiger charge is -2.26. The third kappa shape index (κ3) is 8.14. The quantitative estimate of drug-likeness (QED) is 0.504. The second kappa shape index (κ2) is 10.6. The topological polar surface area (TPSA) is 117 Å². The largest absolute Gasteiger partial charge is 0.478 e. The Morgan fingerprint density at radius 1 is 1.33 bits per heavy atom. The van der Waals surface area contributed by atoms with E-state index >= 15 is 0 Å². The number of amides is 1. The van der Waals surface area contributed by atoms with E-state index in [9.17, 15) is 18.0 Å². The van der Waals surface area contributed by atoms with Crippen LogP contribution >= 0.6 is 0 Å². The van der Waals surface area contributed by atoms with Crippen molar-refractivity contribution < 1.29 is 23.1 Å². The Labute approximate surface area is 159 Å². The molecule has 0 aliphatic rings. The Kier molecular flexibility index (Phi) is 8.83. The monoisotopic (exact) mass is 395 g/mol. The number of nitrogens with zero attached hydrogens (tertiary/aromatic N) is 2. The van der Waals surface area contributed by atoms with Crippen LogP contribution in [0.3, 0.4) is 0 Å². The summed E-state index contributed by atoms with van der Waals surface area (Å²) >= 11 is 0. The highest BCUT2D eigenvalue weighted by Gasteiger charge is 2.24. The molecule has 0 aliphatic heterocycles. The minimum absolute atomic E-state index is 0.0840. The molecule has 1 aromatic heterocycles. The third-order valence-corrected chi connectivity index (χ3v) is 4.66. The predicted octanol–water partition coefficient (Wildman–Crippen LogP) is 0.873. The number of hydrogen-bond donors (Lipinski definition) is 2. The maximum Gasteiger partial charge on any atom is 0.335 e. The molecule has 1 rings (SSSR count). The van der Waals surface area contributed by atoms with Gasteiger partial charge in [0.05, 0.1) is 23.1 Å². The number of rotatable bonds is 12. The van der Waals surface area contributed by atoms with Crippen LogP contribution in [-0.2, 0) is 21.2 Å². The molecule has 27 heavy (non-hydrogen) atoms. The maximum absolute atomic E-state index is 12.8. The fourth-order valence-corrected chi connectivity index (χ4v) is 3.03. The number of nitrogens with one attached hydrogen (secondary N) is 1. The van der Waals surface area contributed by atoms with E-state index in [2.05, 4.69) is 23.5 Å². The second-order valence-electron chi connectivity index (χ2n) is 6.01. The second-order valence-corrected chi connectivity index (χ2v) is 8.27. The first kappa shape index (κ1) is 22.5.